The van der Waals surface area contributed by atoms with E-state index in [1.165, 1.54) is 32.1 Å². The van der Waals surface area contributed by atoms with Gasteiger partial charge in [-0.15, -0.1) is 0 Å². The van der Waals surface area contributed by atoms with E-state index in [1.807, 2.05) is 6.07 Å². The summed E-state index contributed by atoms with van der Waals surface area (Å²) in [5.41, 5.74) is 0. The van der Waals surface area contributed by atoms with Crippen molar-refractivity contribution in [1.29, 1.82) is 0 Å². The molecule has 0 fully saturated rings. The normalized spacial score (nSPS) is 12.8. The van der Waals surface area contributed by atoms with Gasteiger partial charge < -0.3 is 14.5 Å². The molecular weight excluding hydrogens is 250 g/mol. The third-order valence-electron chi connectivity index (χ3n) is 3.55. The van der Waals surface area contributed by atoms with E-state index in [1.54, 1.807) is 7.11 Å². The summed E-state index contributed by atoms with van der Waals surface area (Å²) in [6.45, 7) is 6.05. The lowest BCUT2D eigenvalue weighted by molar-refractivity contribution is 0.161. The quantitative estimate of drug-likeness (QED) is 0.557. The number of hydrogen-bond donors (Lipinski definition) is 1. The highest BCUT2D eigenvalue weighted by atomic mass is 16.5. The summed E-state index contributed by atoms with van der Waals surface area (Å²) in [7, 11) is 1.70. The van der Waals surface area contributed by atoms with Crippen LogP contribution in [0.3, 0.4) is 0 Å². The maximum absolute atomic E-state index is 5.87. The second-order valence-corrected chi connectivity index (χ2v) is 5.45. The molecule has 1 aromatic rings. The molecule has 0 aliphatic heterocycles. The highest BCUT2D eigenvalue weighted by molar-refractivity contribution is 5.10. The number of nitrogens with one attached hydrogen (secondary N) is 1. The highest BCUT2D eigenvalue weighted by Crippen LogP contribution is 2.23. The van der Waals surface area contributed by atoms with Gasteiger partial charge >= 0.3 is 0 Å². The molecular formula is C17H31NO2. The van der Waals surface area contributed by atoms with E-state index in [0.717, 1.165) is 30.9 Å². The molecule has 0 saturated carbocycles. The molecule has 0 spiro atoms. The zero-order valence-electron chi connectivity index (χ0n) is 13.4. The van der Waals surface area contributed by atoms with Crippen LogP contribution in [0.4, 0.5) is 0 Å². The van der Waals surface area contributed by atoms with E-state index < -0.39 is 0 Å². The average molecular weight is 281 g/mol. The molecule has 1 atom stereocenters. The standard InChI is InChI=1S/C17H31NO2/c1-4-6-7-8-9-10-16(18-13-5-2)17-12-11-15(20-17)14-19-3/h11-12,16,18H,4-10,13-14H2,1-3H3. The van der Waals surface area contributed by atoms with Gasteiger partial charge in [0.15, 0.2) is 0 Å². The van der Waals surface area contributed by atoms with Crippen molar-refractivity contribution in [3.63, 3.8) is 0 Å². The summed E-state index contributed by atoms with van der Waals surface area (Å²) in [4.78, 5) is 0. The van der Waals surface area contributed by atoms with E-state index in [0.29, 0.717) is 12.6 Å². The number of unbranched alkanes of at least 4 members (excludes halogenated alkanes) is 4. The van der Waals surface area contributed by atoms with Gasteiger partial charge in [0.1, 0.15) is 18.1 Å². The van der Waals surface area contributed by atoms with Gasteiger partial charge in [-0.2, -0.15) is 0 Å². The monoisotopic (exact) mass is 281 g/mol. The predicted octanol–water partition coefficient (Wildman–Crippen LogP) is 4.83. The van der Waals surface area contributed by atoms with E-state index in [4.69, 9.17) is 9.15 Å². The lowest BCUT2D eigenvalue weighted by Gasteiger charge is -2.16. The van der Waals surface area contributed by atoms with Crippen LogP contribution in [-0.2, 0) is 11.3 Å². The SMILES string of the molecule is CCCCCCCC(NCCC)c1ccc(COC)o1. The molecule has 3 nitrogen and oxygen atoms in total. The summed E-state index contributed by atoms with van der Waals surface area (Å²) >= 11 is 0. The lowest BCUT2D eigenvalue weighted by Crippen LogP contribution is -2.21. The van der Waals surface area contributed by atoms with Crippen molar-refractivity contribution in [2.75, 3.05) is 13.7 Å². The van der Waals surface area contributed by atoms with Crippen LogP contribution in [0, 0.1) is 0 Å². The van der Waals surface area contributed by atoms with Gasteiger partial charge in [0, 0.05) is 7.11 Å². The first kappa shape index (κ1) is 17.3. The molecule has 0 amide bonds. The minimum absolute atomic E-state index is 0.349. The zero-order valence-corrected chi connectivity index (χ0v) is 13.4. The van der Waals surface area contributed by atoms with Crippen molar-refractivity contribution < 1.29 is 9.15 Å². The third kappa shape index (κ3) is 6.58. The summed E-state index contributed by atoms with van der Waals surface area (Å²) in [6.07, 6.45) is 8.90. The van der Waals surface area contributed by atoms with Crippen LogP contribution in [0.1, 0.15) is 76.4 Å². The van der Waals surface area contributed by atoms with Crippen molar-refractivity contribution >= 4 is 0 Å². The molecule has 0 saturated heterocycles. The molecule has 1 heterocycles. The van der Waals surface area contributed by atoms with Crippen LogP contribution in [0.5, 0.6) is 0 Å². The Morgan fingerprint density at radius 1 is 1.10 bits per heavy atom. The van der Waals surface area contributed by atoms with Crippen molar-refractivity contribution in [3.8, 4) is 0 Å². The van der Waals surface area contributed by atoms with Crippen LogP contribution >= 0.6 is 0 Å². The van der Waals surface area contributed by atoms with Gasteiger partial charge in [0.25, 0.3) is 0 Å². The Bertz CT molecular complexity index is 335. The zero-order chi connectivity index (χ0) is 14.6. The Balaban J connectivity index is 2.44. The van der Waals surface area contributed by atoms with Crippen molar-refractivity contribution in [1.82, 2.24) is 5.32 Å². The minimum Gasteiger partial charge on any atom is -0.462 e. The Hall–Kier alpha value is -0.800. The molecule has 0 radical (unpaired) electrons. The Labute approximate surface area is 124 Å². The molecule has 20 heavy (non-hydrogen) atoms. The number of rotatable bonds is 12. The largest absolute Gasteiger partial charge is 0.462 e. The van der Waals surface area contributed by atoms with Crippen molar-refractivity contribution in [3.05, 3.63) is 23.7 Å². The van der Waals surface area contributed by atoms with Gasteiger partial charge in [-0.25, -0.2) is 0 Å². The van der Waals surface area contributed by atoms with Crippen LogP contribution in [0.15, 0.2) is 16.5 Å². The highest BCUT2D eigenvalue weighted by Gasteiger charge is 2.14. The van der Waals surface area contributed by atoms with Crippen LogP contribution in [0.2, 0.25) is 0 Å². The molecule has 3 heteroatoms. The van der Waals surface area contributed by atoms with E-state index >= 15 is 0 Å². The summed E-state index contributed by atoms with van der Waals surface area (Å²) in [5, 5.41) is 3.60. The maximum atomic E-state index is 5.87. The van der Waals surface area contributed by atoms with E-state index in [-0.39, 0.29) is 0 Å². The summed E-state index contributed by atoms with van der Waals surface area (Å²) < 4.78 is 11.0. The number of furan rings is 1. The Kier molecular flexibility index (Phi) is 9.42. The van der Waals surface area contributed by atoms with Crippen LogP contribution in [-0.4, -0.2) is 13.7 Å². The maximum Gasteiger partial charge on any atom is 0.129 e. The second-order valence-electron chi connectivity index (χ2n) is 5.45. The smallest absolute Gasteiger partial charge is 0.129 e. The number of methoxy groups -OCH3 is 1. The lowest BCUT2D eigenvalue weighted by atomic mass is 10.0. The van der Waals surface area contributed by atoms with Gasteiger partial charge in [-0.1, -0.05) is 46.0 Å². The molecule has 116 valence electrons. The molecule has 1 N–H and O–H groups in total. The fourth-order valence-corrected chi connectivity index (χ4v) is 2.42. The van der Waals surface area contributed by atoms with Crippen molar-refractivity contribution in [2.45, 2.75) is 71.4 Å². The first-order valence-electron chi connectivity index (χ1n) is 8.12. The fourth-order valence-electron chi connectivity index (χ4n) is 2.42. The second kappa shape index (κ2) is 10.9. The number of hydrogen-bond acceptors (Lipinski definition) is 3. The molecule has 1 rings (SSSR count). The third-order valence-corrected chi connectivity index (χ3v) is 3.55. The summed E-state index contributed by atoms with van der Waals surface area (Å²) in [6, 6.07) is 4.46. The van der Waals surface area contributed by atoms with Gasteiger partial charge in [-0.05, 0) is 31.5 Å². The molecule has 1 aromatic heterocycles. The first-order valence-corrected chi connectivity index (χ1v) is 8.12. The molecule has 1 unspecified atom stereocenters. The molecule has 0 aromatic carbocycles. The van der Waals surface area contributed by atoms with E-state index in [9.17, 15) is 0 Å². The summed E-state index contributed by atoms with van der Waals surface area (Å²) in [5.74, 6) is 1.97. The van der Waals surface area contributed by atoms with E-state index in [2.05, 4.69) is 25.2 Å². The van der Waals surface area contributed by atoms with Crippen LogP contribution in [0.25, 0.3) is 0 Å². The Morgan fingerprint density at radius 2 is 1.90 bits per heavy atom. The van der Waals surface area contributed by atoms with Gasteiger partial charge in [0.05, 0.1) is 6.04 Å². The Morgan fingerprint density at radius 3 is 2.60 bits per heavy atom. The minimum atomic E-state index is 0.349. The molecule has 0 aliphatic carbocycles. The molecule has 0 bridgehead atoms. The topological polar surface area (TPSA) is 34.4 Å². The average Bonchev–Trinajstić information content (AvgIpc) is 2.91. The predicted molar refractivity (Wildman–Crippen MR) is 83.8 cm³/mol. The van der Waals surface area contributed by atoms with Crippen LogP contribution < -0.4 is 5.32 Å². The van der Waals surface area contributed by atoms with Gasteiger partial charge in [0.2, 0.25) is 0 Å². The van der Waals surface area contributed by atoms with Gasteiger partial charge in [-0.3, -0.25) is 0 Å². The first-order chi connectivity index (χ1) is 9.81. The fraction of sp³-hybridized carbons (Fsp3) is 0.765. The number of ether oxygens (including phenoxy) is 1. The van der Waals surface area contributed by atoms with Crippen molar-refractivity contribution in [2.24, 2.45) is 0 Å². The molecule has 0 aliphatic rings.